The first-order valence-corrected chi connectivity index (χ1v) is 9.49. The summed E-state index contributed by atoms with van der Waals surface area (Å²) in [5, 5.41) is 7.93. The van der Waals surface area contributed by atoms with Crippen molar-refractivity contribution in [1.82, 2.24) is 5.32 Å². The van der Waals surface area contributed by atoms with Gasteiger partial charge in [-0.1, -0.05) is 12.1 Å². The lowest BCUT2D eigenvalue weighted by Gasteiger charge is -2.17. The van der Waals surface area contributed by atoms with Crippen LogP contribution >= 0.6 is 0 Å². The molecule has 146 valence electrons. The molecule has 0 unspecified atom stereocenters. The molecule has 0 aliphatic heterocycles. The van der Waals surface area contributed by atoms with E-state index in [9.17, 15) is 13.2 Å². The summed E-state index contributed by atoms with van der Waals surface area (Å²) >= 11 is 0. The van der Waals surface area contributed by atoms with Crippen LogP contribution in [0.4, 0.5) is 0 Å². The summed E-state index contributed by atoms with van der Waals surface area (Å²) in [7, 11) is 0.652. The highest BCUT2D eigenvalue weighted by molar-refractivity contribution is 7.89. The number of hydrogen-bond donors (Lipinski definition) is 2. The first-order chi connectivity index (χ1) is 12.7. The fourth-order valence-electron chi connectivity index (χ4n) is 2.51. The van der Waals surface area contributed by atoms with Gasteiger partial charge < -0.3 is 19.5 Å². The van der Waals surface area contributed by atoms with Gasteiger partial charge in [-0.05, 0) is 24.6 Å². The molecule has 0 radical (unpaired) electrons. The number of hydrogen-bond acceptors (Lipinski definition) is 6. The van der Waals surface area contributed by atoms with Crippen LogP contribution in [0, 0.1) is 0 Å². The van der Waals surface area contributed by atoms with E-state index in [1.165, 1.54) is 39.5 Å². The first kappa shape index (κ1) is 20.5. The lowest BCUT2D eigenvalue weighted by Crippen LogP contribution is -2.27. The van der Waals surface area contributed by atoms with Gasteiger partial charge >= 0.3 is 0 Å². The van der Waals surface area contributed by atoms with Gasteiger partial charge in [0.05, 0.1) is 37.8 Å². The molecule has 8 nitrogen and oxygen atoms in total. The van der Waals surface area contributed by atoms with Crippen LogP contribution in [0.15, 0.2) is 41.3 Å². The molecule has 0 saturated heterocycles. The third-order valence-corrected chi connectivity index (χ3v) is 4.94. The Labute approximate surface area is 158 Å². The second kappa shape index (κ2) is 8.28. The van der Waals surface area contributed by atoms with Crippen molar-refractivity contribution >= 4 is 15.9 Å². The van der Waals surface area contributed by atoms with Gasteiger partial charge in [-0.2, -0.15) is 0 Å². The second-order valence-corrected chi connectivity index (χ2v) is 7.28. The zero-order chi connectivity index (χ0) is 20.2. The largest absolute Gasteiger partial charge is 0.496 e. The maximum absolute atomic E-state index is 12.7. The maximum atomic E-state index is 12.7. The van der Waals surface area contributed by atoms with Gasteiger partial charge in [0.1, 0.15) is 5.75 Å². The fourth-order valence-corrected chi connectivity index (χ4v) is 3.03. The van der Waals surface area contributed by atoms with E-state index in [4.69, 9.17) is 19.3 Å². The second-order valence-electron chi connectivity index (χ2n) is 5.72. The van der Waals surface area contributed by atoms with Crippen molar-refractivity contribution in [2.24, 2.45) is 5.14 Å². The summed E-state index contributed by atoms with van der Waals surface area (Å²) in [5.41, 5.74) is 0.998. The average Bonchev–Trinajstić information content (AvgIpc) is 2.66. The molecule has 0 heterocycles. The molecule has 0 bridgehead atoms. The number of nitrogens with one attached hydrogen (secondary N) is 1. The van der Waals surface area contributed by atoms with Crippen LogP contribution in [0.3, 0.4) is 0 Å². The Morgan fingerprint density at radius 3 is 1.96 bits per heavy atom. The molecular weight excluding hydrogens is 372 g/mol. The highest BCUT2D eigenvalue weighted by Gasteiger charge is 2.20. The molecule has 1 atom stereocenters. The van der Waals surface area contributed by atoms with E-state index in [0.29, 0.717) is 17.2 Å². The van der Waals surface area contributed by atoms with Crippen LogP contribution in [-0.4, -0.2) is 35.7 Å². The predicted molar refractivity (Wildman–Crippen MR) is 99.8 cm³/mol. The van der Waals surface area contributed by atoms with Crippen molar-refractivity contribution in [2.75, 3.05) is 21.3 Å². The predicted octanol–water partition coefficient (Wildman–Crippen LogP) is 1.85. The topological polar surface area (TPSA) is 117 Å². The molecule has 2 rings (SSSR count). The van der Waals surface area contributed by atoms with Crippen molar-refractivity contribution in [1.29, 1.82) is 0 Å². The molecule has 3 N–H and O–H groups in total. The van der Waals surface area contributed by atoms with Crippen LogP contribution in [-0.2, 0) is 10.0 Å². The average molecular weight is 394 g/mol. The van der Waals surface area contributed by atoms with Gasteiger partial charge in [-0.25, -0.2) is 13.6 Å². The molecule has 2 aromatic rings. The van der Waals surface area contributed by atoms with E-state index in [1.54, 1.807) is 25.1 Å². The standard InChI is InChI=1S/C18H22N2O6S/c1-11(12-5-7-13(8-6-12)27(19,22)23)20-18(21)14-9-16(25-3)17(26-4)10-15(14)24-2/h5-11H,1-4H3,(H,20,21)(H2,19,22,23)/t11-/m1/s1. The van der Waals surface area contributed by atoms with E-state index in [2.05, 4.69) is 5.32 Å². The van der Waals surface area contributed by atoms with Gasteiger partial charge in [0.25, 0.3) is 5.91 Å². The number of primary sulfonamides is 1. The molecule has 2 aromatic carbocycles. The SMILES string of the molecule is COc1cc(OC)c(C(=O)N[C@H](C)c2ccc(S(N)(=O)=O)cc2)cc1OC. The minimum atomic E-state index is -3.76. The van der Waals surface area contributed by atoms with E-state index in [1.807, 2.05) is 0 Å². The molecular formula is C18H22N2O6S. The number of methoxy groups -OCH3 is 3. The van der Waals surface area contributed by atoms with Gasteiger partial charge in [0.15, 0.2) is 11.5 Å². The number of rotatable bonds is 7. The monoisotopic (exact) mass is 394 g/mol. The third-order valence-electron chi connectivity index (χ3n) is 4.01. The van der Waals surface area contributed by atoms with Crippen LogP contribution in [0.2, 0.25) is 0 Å². The number of carbonyl (C=O) groups excluding carboxylic acids is 1. The minimum Gasteiger partial charge on any atom is -0.496 e. The van der Waals surface area contributed by atoms with Crippen LogP contribution < -0.4 is 24.7 Å². The zero-order valence-corrected chi connectivity index (χ0v) is 16.3. The number of sulfonamides is 1. The Kier molecular flexibility index (Phi) is 6.29. The number of ether oxygens (including phenoxy) is 3. The smallest absolute Gasteiger partial charge is 0.255 e. The fraction of sp³-hybridized carbons (Fsp3) is 0.278. The Hall–Kier alpha value is -2.78. The Balaban J connectivity index is 2.26. The van der Waals surface area contributed by atoms with Crippen LogP contribution in [0.1, 0.15) is 28.9 Å². The van der Waals surface area contributed by atoms with E-state index in [0.717, 1.165) is 5.56 Å². The van der Waals surface area contributed by atoms with E-state index >= 15 is 0 Å². The summed E-state index contributed by atoms with van der Waals surface area (Å²) in [5.74, 6) is 0.795. The molecule has 0 aromatic heterocycles. The van der Waals surface area contributed by atoms with Crippen molar-refractivity contribution in [3.05, 3.63) is 47.5 Å². The van der Waals surface area contributed by atoms with E-state index in [-0.39, 0.29) is 22.4 Å². The Morgan fingerprint density at radius 1 is 0.963 bits per heavy atom. The summed E-state index contributed by atoms with van der Waals surface area (Å²) in [4.78, 5) is 12.7. The van der Waals surface area contributed by atoms with Crippen molar-refractivity contribution in [2.45, 2.75) is 17.9 Å². The lowest BCUT2D eigenvalue weighted by molar-refractivity contribution is 0.0936. The van der Waals surface area contributed by atoms with Crippen molar-refractivity contribution in [3.63, 3.8) is 0 Å². The molecule has 27 heavy (non-hydrogen) atoms. The highest BCUT2D eigenvalue weighted by atomic mass is 32.2. The number of carbonyl (C=O) groups is 1. The Bertz CT molecular complexity index is 926. The Morgan fingerprint density at radius 2 is 1.48 bits per heavy atom. The normalized spacial score (nSPS) is 12.2. The number of nitrogens with two attached hydrogens (primary N) is 1. The molecule has 0 aliphatic rings. The van der Waals surface area contributed by atoms with Crippen LogP contribution in [0.5, 0.6) is 17.2 Å². The maximum Gasteiger partial charge on any atom is 0.255 e. The summed E-state index contributed by atoms with van der Waals surface area (Å²) < 4.78 is 38.4. The number of benzene rings is 2. The van der Waals surface area contributed by atoms with Gasteiger partial charge in [-0.15, -0.1) is 0 Å². The summed E-state index contributed by atoms with van der Waals surface area (Å²) in [6, 6.07) is 8.69. The molecule has 9 heteroatoms. The summed E-state index contributed by atoms with van der Waals surface area (Å²) in [6.07, 6.45) is 0. The molecule has 0 spiro atoms. The quantitative estimate of drug-likeness (QED) is 0.740. The summed E-state index contributed by atoms with van der Waals surface area (Å²) in [6.45, 7) is 1.77. The van der Waals surface area contributed by atoms with Crippen LogP contribution in [0.25, 0.3) is 0 Å². The molecule has 1 amide bonds. The van der Waals surface area contributed by atoms with Gasteiger partial charge in [0, 0.05) is 12.1 Å². The third kappa shape index (κ3) is 4.69. The van der Waals surface area contributed by atoms with E-state index < -0.39 is 10.0 Å². The van der Waals surface area contributed by atoms with Gasteiger partial charge in [0.2, 0.25) is 10.0 Å². The van der Waals surface area contributed by atoms with Crippen molar-refractivity contribution < 1.29 is 27.4 Å². The molecule has 0 fully saturated rings. The first-order valence-electron chi connectivity index (χ1n) is 7.95. The zero-order valence-electron chi connectivity index (χ0n) is 15.5. The number of amides is 1. The highest BCUT2D eigenvalue weighted by Crippen LogP contribution is 2.34. The van der Waals surface area contributed by atoms with Gasteiger partial charge in [-0.3, -0.25) is 4.79 Å². The molecule has 0 aliphatic carbocycles. The minimum absolute atomic E-state index is 0.00587. The van der Waals surface area contributed by atoms with Crippen molar-refractivity contribution in [3.8, 4) is 17.2 Å². The molecule has 0 saturated carbocycles. The lowest BCUT2D eigenvalue weighted by atomic mass is 10.1.